The van der Waals surface area contributed by atoms with Crippen LogP contribution in [-0.4, -0.2) is 34.2 Å². The van der Waals surface area contributed by atoms with E-state index in [1.165, 1.54) is 37.8 Å². The van der Waals surface area contributed by atoms with Gasteiger partial charge in [0.15, 0.2) is 0 Å². The van der Waals surface area contributed by atoms with Crippen molar-refractivity contribution in [2.75, 3.05) is 19.6 Å². The van der Waals surface area contributed by atoms with Gasteiger partial charge in [-0.1, -0.05) is 6.42 Å². The lowest BCUT2D eigenvalue weighted by atomic mass is 10.1. The largest absolute Gasteiger partial charge is 0.330 e. The summed E-state index contributed by atoms with van der Waals surface area (Å²) in [6.45, 7) is 2.89. The fourth-order valence-corrected chi connectivity index (χ4v) is 2.73. The summed E-state index contributed by atoms with van der Waals surface area (Å²) in [6, 6.07) is 0.867. The molecule has 100 valence electrons. The first kappa shape index (κ1) is 12.1. The summed E-state index contributed by atoms with van der Waals surface area (Å²) in [5.41, 5.74) is 10.8. The molecule has 3 N–H and O–H groups in total. The Morgan fingerprint density at radius 3 is 2.78 bits per heavy atom. The van der Waals surface area contributed by atoms with Gasteiger partial charge < -0.3 is 10.3 Å². The number of rotatable bonds is 5. The number of nitrogens with one attached hydrogen (secondary N) is 1. The maximum Gasteiger partial charge on any atom is 0.0951 e. The van der Waals surface area contributed by atoms with Crippen molar-refractivity contribution >= 4 is 0 Å². The number of nitrogens with zero attached hydrogens (tertiary/aromatic N) is 3. The molecule has 0 radical (unpaired) electrons. The Morgan fingerprint density at radius 2 is 2.11 bits per heavy atom. The van der Waals surface area contributed by atoms with E-state index in [9.17, 15) is 0 Å². The Bertz CT molecular complexity index is 378. The molecule has 1 saturated heterocycles. The van der Waals surface area contributed by atoms with Crippen LogP contribution >= 0.6 is 0 Å². The first-order valence-electron chi connectivity index (χ1n) is 7.11. The van der Waals surface area contributed by atoms with Gasteiger partial charge in [-0.2, -0.15) is 0 Å². The third-order valence-corrected chi connectivity index (χ3v) is 3.92. The standard InChI is InChI=1S/C13H23N5/c14-8-12(16-17-6-2-1-3-7-17)13-9-15-10-18(13)11-4-5-11/h9-12,16H,1-8,14H2. The second-order valence-corrected chi connectivity index (χ2v) is 5.42. The van der Waals surface area contributed by atoms with Crippen LogP contribution < -0.4 is 11.2 Å². The SMILES string of the molecule is NCC(NN1CCCCC1)c1cncn1C1CC1. The smallest absolute Gasteiger partial charge is 0.0951 e. The Morgan fingerprint density at radius 1 is 1.33 bits per heavy atom. The van der Waals surface area contributed by atoms with Crippen molar-refractivity contribution in [3.8, 4) is 0 Å². The quantitative estimate of drug-likeness (QED) is 0.823. The summed E-state index contributed by atoms with van der Waals surface area (Å²) in [5.74, 6) is 0. The third kappa shape index (κ3) is 2.58. The second-order valence-electron chi connectivity index (χ2n) is 5.42. The minimum Gasteiger partial charge on any atom is -0.330 e. The van der Waals surface area contributed by atoms with E-state index >= 15 is 0 Å². The van der Waals surface area contributed by atoms with Crippen molar-refractivity contribution in [1.82, 2.24) is 20.0 Å². The van der Waals surface area contributed by atoms with Crippen LogP contribution in [0.1, 0.15) is 49.9 Å². The van der Waals surface area contributed by atoms with Gasteiger partial charge in [0.05, 0.1) is 18.1 Å². The summed E-state index contributed by atoms with van der Waals surface area (Å²) in [5, 5.41) is 2.32. The second kappa shape index (κ2) is 5.38. The van der Waals surface area contributed by atoms with Gasteiger partial charge in [0.25, 0.3) is 0 Å². The number of hydrogen-bond donors (Lipinski definition) is 2. The van der Waals surface area contributed by atoms with E-state index in [0.29, 0.717) is 12.6 Å². The van der Waals surface area contributed by atoms with Crippen molar-refractivity contribution in [1.29, 1.82) is 0 Å². The molecule has 18 heavy (non-hydrogen) atoms. The van der Waals surface area contributed by atoms with Crippen LogP contribution in [0.2, 0.25) is 0 Å². The van der Waals surface area contributed by atoms with Crippen molar-refractivity contribution in [3.63, 3.8) is 0 Å². The normalized spacial score (nSPS) is 23.2. The summed E-state index contributed by atoms with van der Waals surface area (Å²) >= 11 is 0. The van der Waals surface area contributed by atoms with E-state index in [2.05, 4.69) is 20.0 Å². The molecule has 0 spiro atoms. The number of nitrogens with two attached hydrogens (primary N) is 1. The number of hydrazine groups is 1. The molecule has 2 aliphatic rings. The average molecular weight is 249 g/mol. The number of imidazole rings is 1. The molecule has 5 nitrogen and oxygen atoms in total. The summed E-state index contributed by atoms with van der Waals surface area (Å²) < 4.78 is 2.30. The van der Waals surface area contributed by atoms with Crippen molar-refractivity contribution in [3.05, 3.63) is 18.2 Å². The van der Waals surface area contributed by atoms with Crippen LogP contribution in [0.3, 0.4) is 0 Å². The zero-order chi connectivity index (χ0) is 12.4. The molecule has 1 atom stereocenters. The molecule has 5 heteroatoms. The van der Waals surface area contributed by atoms with E-state index in [1.54, 1.807) is 0 Å². The highest BCUT2D eigenvalue weighted by Crippen LogP contribution is 2.36. The fourth-order valence-electron chi connectivity index (χ4n) is 2.73. The van der Waals surface area contributed by atoms with Gasteiger partial charge in [-0.25, -0.2) is 15.4 Å². The van der Waals surface area contributed by atoms with Crippen LogP contribution in [0.15, 0.2) is 12.5 Å². The topological polar surface area (TPSA) is 59.1 Å². The maximum atomic E-state index is 5.94. The van der Waals surface area contributed by atoms with Crippen LogP contribution in [-0.2, 0) is 0 Å². The zero-order valence-corrected chi connectivity index (χ0v) is 10.9. The summed E-state index contributed by atoms with van der Waals surface area (Å²) in [4.78, 5) is 4.29. The van der Waals surface area contributed by atoms with Gasteiger partial charge in [-0.15, -0.1) is 0 Å². The van der Waals surface area contributed by atoms with Crippen LogP contribution in [0.25, 0.3) is 0 Å². The Balaban J connectivity index is 1.68. The molecule has 1 aliphatic carbocycles. The predicted octanol–water partition coefficient (Wildman–Crippen LogP) is 1.21. The highest BCUT2D eigenvalue weighted by atomic mass is 15.5. The molecule has 1 aliphatic heterocycles. The lowest BCUT2D eigenvalue weighted by Gasteiger charge is -2.31. The third-order valence-electron chi connectivity index (χ3n) is 3.92. The van der Waals surface area contributed by atoms with Gasteiger partial charge in [-0.3, -0.25) is 0 Å². The highest BCUT2D eigenvalue weighted by molar-refractivity contribution is 5.09. The van der Waals surface area contributed by atoms with Crippen molar-refractivity contribution in [2.45, 2.75) is 44.2 Å². The Labute approximate surface area is 108 Å². The fraction of sp³-hybridized carbons (Fsp3) is 0.769. The minimum atomic E-state index is 0.200. The van der Waals surface area contributed by atoms with Gasteiger partial charge in [0, 0.05) is 31.9 Å². The molecule has 1 saturated carbocycles. The summed E-state index contributed by atoms with van der Waals surface area (Å²) in [7, 11) is 0. The van der Waals surface area contributed by atoms with Gasteiger partial charge in [-0.05, 0) is 25.7 Å². The molecule has 0 bridgehead atoms. The zero-order valence-electron chi connectivity index (χ0n) is 10.9. The van der Waals surface area contributed by atoms with Gasteiger partial charge >= 0.3 is 0 Å². The molecule has 0 amide bonds. The van der Waals surface area contributed by atoms with Crippen molar-refractivity contribution in [2.24, 2.45) is 5.73 Å². The molecule has 2 fully saturated rings. The first-order valence-corrected chi connectivity index (χ1v) is 7.11. The molecule has 2 heterocycles. The Hall–Kier alpha value is -0.910. The van der Waals surface area contributed by atoms with E-state index < -0.39 is 0 Å². The van der Waals surface area contributed by atoms with Gasteiger partial charge in [0.2, 0.25) is 0 Å². The van der Waals surface area contributed by atoms with E-state index in [0.717, 1.165) is 13.1 Å². The Kier molecular flexibility index (Phi) is 3.63. The molecular formula is C13H23N5. The van der Waals surface area contributed by atoms with Crippen LogP contribution in [0.5, 0.6) is 0 Å². The molecule has 1 unspecified atom stereocenters. The lowest BCUT2D eigenvalue weighted by molar-refractivity contribution is 0.128. The van der Waals surface area contributed by atoms with E-state index in [1.807, 2.05) is 12.5 Å². The number of aromatic nitrogens is 2. The number of piperidine rings is 1. The number of hydrogen-bond acceptors (Lipinski definition) is 4. The molecule has 1 aromatic rings. The molecular weight excluding hydrogens is 226 g/mol. The average Bonchev–Trinajstić information content (AvgIpc) is 3.15. The van der Waals surface area contributed by atoms with Crippen LogP contribution in [0, 0.1) is 0 Å². The minimum absolute atomic E-state index is 0.200. The summed E-state index contributed by atoms with van der Waals surface area (Å²) in [6.07, 6.45) is 10.4. The first-order chi connectivity index (χ1) is 8.88. The maximum absolute atomic E-state index is 5.94. The molecule has 0 aromatic carbocycles. The molecule has 1 aromatic heterocycles. The molecule has 3 rings (SSSR count). The van der Waals surface area contributed by atoms with Gasteiger partial charge in [0.1, 0.15) is 0 Å². The van der Waals surface area contributed by atoms with E-state index in [4.69, 9.17) is 5.73 Å². The predicted molar refractivity (Wildman–Crippen MR) is 70.9 cm³/mol. The lowest BCUT2D eigenvalue weighted by Crippen LogP contribution is -2.46. The highest BCUT2D eigenvalue weighted by Gasteiger charge is 2.28. The van der Waals surface area contributed by atoms with Crippen molar-refractivity contribution < 1.29 is 0 Å². The van der Waals surface area contributed by atoms with Crippen LogP contribution in [0.4, 0.5) is 0 Å². The van der Waals surface area contributed by atoms with E-state index in [-0.39, 0.29) is 6.04 Å². The monoisotopic (exact) mass is 249 g/mol.